The Kier molecular flexibility index (Phi) is 3.51. The summed E-state index contributed by atoms with van der Waals surface area (Å²) < 4.78 is 1.06. The number of hydrogen-bond donors (Lipinski definition) is 1. The van der Waals surface area contributed by atoms with Crippen LogP contribution >= 0.6 is 23.1 Å². The van der Waals surface area contributed by atoms with Gasteiger partial charge in [0.25, 0.3) is 0 Å². The number of carboxylic acid groups (broad SMARTS) is 1. The van der Waals surface area contributed by atoms with Crippen LogP contribution in [0.3, 0.4) is 0 Å². The molecular formula is C12H12O2S2. The Morgan fingerprint density at radius 2 is 2.31 bits per heavy atom. The molecule has 0 aliphatic rings. The predicted molar refractivity (Wildman–Crippen MR) is 70.6 cm³/mol. The predicted octanol–water partition coefficient (Wildman–Crippen LogP) is 3.85. The number of carbonyl (C=O) groups is 1. The highest BCUT2D eigenvalue weighted by atomic mass is 32.2. The Morgan fingerprint density at radius 1 is 1.50 bits per heavy atom. The molecule has 84 valence electrons. The molecule has 0 spiro atoms. The van der Waals surface area contributed by atoms with E-state index in [0.29, 0.717) is 5.56 Å². The van der Waals surface area contributed by atoms with Crippen LogP contribution in [0, 0.1) is 0 Å². The highest BCUT2D eigenvalue weighted by Gasteiger charge is 2.07. The van der Waals surface area contributed by atoms with Crippen molar-refractivity contribution >= 4 is 39.2 Å². The molecule has 2 rings (SSSR count). The molecule has 0 aliphatic heterocycles. The Labute approximate surface area is 102 Å². The van der Waals surface area contributed by atoms with Crippen molar-refractivity contribution in [2.75, 3.05) is 5.75 Å². The standard InChI is InChI=1S/C12H12O2S2/c1-2-15-6-9-7-16-11-5-8(12(13)14)3-4-10(9)11/h3-5,7H,2,6H2,1H3,(H,13,14). The average molecular weight is 252 g/mol. The molecular weight excluding hydrogens is 240 g/mol. The summed E-state index contributed by atoms with van der Waals surface area (Å²) in [6.45, 7) is 2.14. The van der Waals surface area contributed by atoms with Crippen LogP contribution in [0.2, 0.25) is 0 Å². The van der Waals surface area contributed by atoms with Crippen molar-refractivity contribution < 1.29 is 9.90 Å². The molecule has 2 aromatic rings. The Balaban J connectivity index is 2.38. The van der Waals surface area contributed by atoms with Gasteiger partial charge < -0.3 is 5.11 Å². The molecule has 1 heterocycles. The zero-order valence-corrected chi connectivity index (χ0v) is 10.5. The largest absolute Gasteiger partial charge is 0.478 e. The van der Waals surface area contributed by atoms with Gasteiger partial charge in [0.15, 0.2) is 0 Å². The van der Waals surface area contributed by atoms with Crippen molar-refractivity contribution in [2.24, 2.45) is 0 Å². The summed E-state index contributed by atoms with van der Waals surface area (Å²) in [5, 5.41) is 12.2. The van der Waals surface area contributed by atoms with Crippen LogP contribution < -0.4 is 0 Å². The highest BCUT2D eigenvalue weighted by Crippen LogP contribution is 2.29. The maximum absolute atomic E-state index is 10.8. The normalized spacial score (nSPS) is 10.8. The molecule has 16 heavy (non-hydrogen) atoms. The molecule has 0 fully saturated rings. The van der Waals surface area contributed by atoms with Crippen molar-refractivity contribution in [3.63, 3.8) is 0 Å². The number of fused-ring (bicyclic) bond motifs is 1. The van der Waals surface area contributed by atoms with Crippen molar-refractivity contribution in [1.29, 1.82) is 0 Å². The number of carboxylic acids is 1. The molecule has 0 bridgehead atoms. The Hall–Kier alpha value is -1.00. The van der Waals surface area contributed by atoms with E-state index >= 15 is 0 Å². The minimum Gasteiger partial charge on any atom is -0.478 e. The van der Waals surface area contributed by atoms with E-state index in [4.69, 9.17) is 5.11 Å². The molecule has 1 aromatic carbocycles. The molecule has 1 aromatic heterocycles. The lowest BCUT2D eigenvalue weighted by Gasteiger charge is -1.98. The average Bonchev–Trinajstić information content (AvgIpc) is 2.68. The van der Waals surface area contributed by atoms with Gasteiger partial charge in [-0.15, -0.1) is 11.3 Å². The summed E-state index contributed by atoms with van der Waals surface area (Å²) in [7, 11) is 0. The van der Waals surface area contributed by atoms with Gasteiger partial charge >= 0.3 is 5.97 Å². The topological polar surface area (TPSA) is 37.3 Å². The van der Waals surface area contributed by atoms with Crippen LogP contribution in [0.1, 0.15) is 22.8 Å². The van der Waals surface area contributed by atoms with Crippen molar-refractivity contribution in [3.05, 3.63) is 34.7 Å². The molecule has 0 amide bonds. The van der Waals surface area contributed by atoms with E-state index in [-0.39, 0.29) is 0 Å². The third-order valence-electron chi connectivity index (χ3n) is 2.36. The first kappa shape index (κ1) is 11.5. The second-order valence-corrected chi connectivity index (χ2v) is 5.60. The molecule has 4 heteroatoms. The lowest BCUT2D eigenvalue weighted by molar-refractivity contribution is 0.0697. The van der Waals surface area contributed by atoms with Gasteiger partial charge in [-0.3, -0.25) is 0 Å². The number of thioether (sulfide) groups is 1. The second kappa shape index (κ2) is 4.89. The fourth-order valence-electron chi connectivity index (χ4n) is 1.54. The van der Waals surface area contributed by atoms with Gasteiger partial charge in [-0.2, -0.15) is 11.8 Å². The van der Waals surface area contributed by atoms with E-state index in [9.17, 15) is 4.79 Å². The van der Waals surface area contributed by atoms with Crippen LogP contribution in [0.15, 0.2) is 23.6 Å². The third-order valence-corrected chi connectivity index (χ3v) is 4.28. The summed E-state index contributed by atoms with van der Waals surface area (Å²) >= 11 is 3.50. The van der Waals surface area contributed by atoms with Crippen LogP contribution in [0.5, 0.6) is 0 Å². The molecule has 0 atom stereocenters. The molecule has 0 saturated carbocycles. The molecule has 0 saturated heterocycles. The van der Waals surface area contributed by atoms with Gasteiger partial charge in [-0.05, 0) is 34.2 Å². The zero-order valence-electron chi connectivity index (χ0n) is 8.90. The van der Waals surface area contributed by atoms with Gasteiger partial charge in [0.05, 0.1) is 5.56 Å². The van der Waals surface area contributed by atoms with Gasteiger partial charge in [0.1, 0.15) is 0 Å². The zero-order chi connectivity index (χ0) is 11.5. The van der Waals surface area contributed by atoms with Crippen LogP contribution in [-0.2, 0) is 5.75 Å². The van der Waals surface area contributed by atoms with E-state index < -0.39 is 5.97 Å². The van der Waals surface area contributed by atoms with Gasteiger partial charge in [0, 0.05) is 10.5 Å². The fourth-order valence-corrected chi connectivity index (χ4v) is 3.31. The monoisotopic (exact) mass is 252 g/mol. The first-order chi connectivity index (χ1) is 7.72. The SMILES string of the molecule is CCSCc1csc2cc(C(=O)O)ccc12. The van der Waals surface area contributed by atoms with Crippen LogP contribution in [0.4, 0.5) is 0 Å². The summed E-state index contributed by atoms with van der Waals surface area (Å²) in [5.74, 6) is 1.24. The van der Waals surface area contributed by atoms with Crippen molar-refractivity contribution in [1.82, 2.24) is 0 Å². The number of benzene rings is 1. The third kappa shape index (κ3) is 2.23. The quantitative estimate of drug-likeness (QED) is 0.898. The smallest absolute Gasteiger partial charge is 0.335 e. The summed E-state index contributed by atoms with van der Waals surface area (Å²) in [5.41, 5.74) is 1.67. The molecule has 0 unspecified atom stereocenters. The lowest BCUT2D eigenvalue weighted by atomic mass is 10.1. The van der Waals surface area contributed by atoms with Gasteiger partial charge in [-0.1, -0.05) is 13.0 Å². The number of aromatic carboxylic acids is 1. The first-order valence-corrected chi connectivity index (χ1v) is 7.07. The first-order valence-electron chi connectivity index (χ1n) is 5.03. The van der Waals surface area contributed by atoms with Crippen molar-refractivity contribution in [2.45, 2.75) is 12.7 Å². The van der Waals surface area contributed by atoms with E-state index in [0.717, 1.165) is 16.2 Å². The lowest BCUT2D eigenvalue weighted by Crippen LogP contribution is -1.94. The second-order valence-electron chi connectivity index (χ2n) is 3.41. The minimum atomic E-state index is -0.861. The fraction of sp³-hybridized carbons (Fsp3) is 0.250. The Bertz CT molecular complexity index is 517. The minimum absolute atomic E-state index is 0.365. The van der Waals surface area contributed by atoms with Crippen LogP contribution in [-0.4, -0.2) is 16.8 Å². The van der Waals surface area contributed by atoms with E-state index in [2.05, 4.69) is 12.3 Å². The molecule has 1 N–H and O–H groups in total. The highest BCUT2D eigenvalue weighted by molar-refractivity contribution is 7.98. The molecule has 0 radical (unpaired) electrons. The molecule has 2 nitrogen and oxygen atoms in total. The number of thiophene rings is 1. The van der Waals surface area contributed by atoms with E-state index in [1.165, 1.54) is 10.9 Å². The maximum Gasteiger partial charge on any atom is 0.335 e. The Morgan fingerprint density at radius 3 is 3.00 bits per heavy atom. The summed E-state index contributed by atoms with van der Waals surface area (Å²) in [6, 6.07) is 5.35. The van der Waals surface area contributed by atoms with E-state index in [1.54, 1.807) is 23.5 Å². The number of hydrogen-bond acceptors (Lipinski definition) is 3. The van der Waals surface area contributed by atoms with Crippen LogP contribution in [0.25, 0.3) is 10.1 Å². The van der Waals surface area contributed by atoms with Gasteiger partial charge in [-0.25, -0.2) is 4.79 Å². The van der Waals surface area contributed by atoms with Crippen molar-refractivity contribution in [3.8, 4) is 0 Å². The maximum atomic E-state index is 10.8. The summed E-state index contributed by atoms with van der Waals surface area (Å²) in [4.78, 5) is 10.8. The van der Waals surface area contributed by atoms with E-state index in [1.807, 2.05) is 17.8 Å². The van der Waals surface area contributed by atoms with Gasteiger partial charge in [0.2, 0.25) is 0 Å². The number of rotatable bonds is 4. The molecule has 0 aliphatic carbocycles. The summed E-state index contributed by atoms with van der Waals surface area (Å²) in [6.07, 6.45) is 0.